The molecule has 1 aromatic heterocycles. The van der Waals surface area contributed by atoms with Crippen molar-refractivity contribution < 1.29 is 4.79 Å². The average Bonchev–Trinajstić information content (AvgIpc) is 3.23. The van der Waals surface area contributed by atoms with Gasteiger partial charge in [-0.15, -0.1) is 24.8 Å². The number of nitrogens with two attached hydrogens (primary N) is 1. The summed E-state index contributed by atoms with van der Waals surface area (Å²) in [5.41, 5.74) is 9.28. The molecule has 1 aliphatic rings. The fourth-order valence-corrected chi connectivity index (χ4v) is 3.36. The highest BCUT2D eigenvalue weighted by atomic mass is 35.5. The minimum atomic E-state index is -0.709. The van der Waals surface area contributed by atoms with Gasteiger partial charge in [-0.3, -0.25) is 9.36 Å². The zero-order valence-electron chi connectivity index (χ0n) is 14.2. The Bertz CT molecular complexity index is 886. The van der Waals surface area contributed by atoms with Crippen LogP contribution in [-0.4, -0.2) is 21.0 Å². The number of rotatable bonds is 3. The van der Waals surface area contributed by atoms with Crippen LogP contribution in [0.1, 0.15) is 25.7 Å². The predicted octanol–water partition coefficient (Wildman–Crippen LogP) is 4.08. The lowest BCUT2D eigenvalue weighted by Crippen LogP contribution is -2.48. The Hall–Kier alpha value is -2.08. The van der Waals surface area contributed by atoms with Crippen molar-refractivity contribution >= 4 is 47.4 Å². The van der Waals surface area contributed by atoms with Crippen LogP contribution in [0, 0.1) is 0 Å². The summed E-state index contributed by atoms with van der Waals surface area (Å²) in [5.74, 6) is -0.0826. The number of para-hydroxylation sites is 2. The molecule has 0 unspecified atom stereocenters. The van der Waals surface area contributed by atoms with Crippen molar-refractivity contribution in [2.24, 2.45) is 5.73 Å². The molecule has 2 aromatic carbocycles. The van der Waals surface area contributed by atoms with Gasteiger partial charge >= 0.3 is 0 Å². The summed E-state index contributed by atoms with van der Waals surface area (Å²) in [4.78, 5) is 16.8. The molecule has 0 aliphatic heterocycles. The minimum Gasteiger partial charge on any atom is -0.324 e. The van der Waals surface area contributed by atoms with Crippen molar-refractivity contribution in [1.82, 2.24) is 9.55 Å². The van der Waals surface area contributed by atoms with Crippen LogP contribution >= 0.6 is 24.8 Å². The van der Waals surface area contributed by atoms with Crippen molar-refractivity contribution in [2.75, 3.05) is 5.32 Å². The van der Waals surface area contributed by atoms with E-state index in [1.54, 1.807) is 0 Å². The maximum Gasteiger partial charge on any atom is 0.244 e. The van der Waals surface area contributed by atoms with E-state index in [-0.39, 0.29) is 30.7 Å². The summed E-state index contributed by atoms with van der Waals surface area (Å²) < 4.78 is 2.03. The van der Waals surface area contributed by atoms with Crippen LogP contribution in [0.15, 0.2) is 54.9 Å². The van der Waals surface area contributed by atoms with Crippen LogP contribution in [-0.2, 0) is 4.79 Å². The molecule has 4 rings (SSSR count). The molecule has 0 spiro atoms. The molecule has 1 aliphatic carbocycles. The smallest absolute Gasteiger partial charge is 0.244 e. The van der Waals surface area contributed by atoms with Crippen LogP contribution in [0.4, 0.5) is 5.69 Å². The second-order valence-electron chi connectivity index (χ2n) is 6.47. The first-order chi connectivity index (χ1) is 11.7. The van der Waals surface area contributed by atoms with E-state index in [2.05, 4.69) is 10.3 Å². The summed E-state index contributed by atoms with van der Waals surface area (Å²) in [6.07, 6.45) is 5.38. The van der Waals surface area contributed by atoms with Gasteiger partial charge in [-0.25, -0.2) is 4.98 Å². The third-order valence-electron chi connectivity index (χ3n) is 4.80. The first kappa shape index (κ1) is 20.2. The van der Waals surface area contributed by atoms with E-state index in [1.165, 1.54) is 0 Å². The summed E-state index contributed by atoms with van der Waals surface area (Å²) in [6, 6.07) is 15.8. The Morgan fingerprint density at radius 3 is 2.38 bits per heavy atom. The molecule has 0 saturated heterocycles. The molecule has 5 nitrogen and oxygen atoms in total. The standard InChI is InChI=1S/C19H20N4O.2ClH/c20-19(11-3-4-12-19)18(24)22-14-7-9-15(10-8-14)23-13-21-16-5-1-2-6-17(16)23;;/h1-2,5-10,13H,3-4,11-12,20H2,(H,22,24);2*1H. The zero-order chi connectivity index (χ0) is 16.6. The number of aromatic nitrogens is 2. The number of fused-ring (bicyclic) bond motifs is 1. The molecule has 0 radical (unpaired) electrons. The summed E-state index contributed by atoms with van der Waals surface area (Å²) in [7, 11) is 0. The molecule has 1 heterocycles. The van der Waals surface area contributed by atoms with Gasteiger partial charge in [0.1, 0.15) is 6.33 Å². The Morgan fingerprint density at radius 2 is 1.69 bits per heavy atom. The number of anilines is 1. The SMILES string of the molecule is Cl.Cl.NC1(C(=O)Nc2ccc(-n3cnc4ccccc43)cc2)CCCC1. The van der Waals surface area contributed by atoms with Gasteiger partial charge in [-0.05, 0) is 49.2 Å². The second kappa shape index (κ2) is 8.08. The Morgan fingerprint density at radius 1 is 1.04 bits per heavy atom. The maximum atomic E-state index is 12.4. The van der Waals surface area contributed by atoms with Crippen molar-refractivity contribution in [3.8, 4) is 5.69 Å². The maximum absolute atomic E-state index is 12.4. The second-order valence-corrected chi connectivity index (χ2v) is 6.47. The number of halogens is 2. The van der Waals surface area contributed by atoms with Crippen molar-refractivity contribution in [3.05, 3.63) is 54.9 Å². The van der Waals surface area contributed by atoms with Crippen LogP contribution in [0.2, 0.25) is 0 Å². The van der Waals surface area contributed by atoms with Gasteiger partial charge in [-0.2, -0.15) is 0 Å². The first-order valence-corrected chi connectivity index (χ1v) is 8.29. The largest absolute Gasteiger partial charge is 0.324 e. The molecule has 7 heteroatoms. The lowest BCUT2D eigenvalue weighted by atomic mass is 9.98. The normalized spacial score (nSPS) is 15.1. The number of hydrogen-bond acceptors (Lipinski definition) is 3. The van der Waals surface area contributed by atoms with Gasteiger partial charge in [0.05, 0.1) is 16.6 Å². The first-order valence-electron chi connectivity index (χ1n) is 8.29. The van der Waals surface area contributed by atoms with Crippen molar-refractivity contribution in [2.45, 2.75) is 31.2 Å². The molecule has 1 saturated carbocycles. The van der Waals surface area contributed by atoms with Gasteiger partial charge in [0.25, 0.3) is 0 Å². The molecule has 26 heavy (non-hydrogen) atoms. The predicted molar refractivity (Wildman–Crippen MR) is 110 cm³/mol. The van der Waals surface area contributed by atoms with E-state index in [1.807, 2.05) is 59.4 Å². The van der Waals surface area contributed by atoms with Gasteiger partial charge in [-0.1, -0.05) is 25.0 Å². The number of nitrogens with one attached hydrogen (secondary N) is 1. The number of carbonyl (C=O) groups excluding carboxylic acids is 1. The van der Waals surface area contributed by atoms with Crippen molar-refractivity contribution in [3.63, 3.8) is 0 Å². The lowest BCUT2D eigenvalue weighted by molar-refractivity contribution is -0.121. The summed E-state index contributed by atoms with van der Waals surface area (Å²) >= 11 is 0. The van der Waals surface area contributed by atoms with E-state index >= 15 is 0 Å². The van der Waals surface area contributed by atoms with E-state index < -0.39 is 5.54 Å². The zero-order valence-corrected chi connectivity index (χ0v) is 15.9. The van der Waals surface area contributed by atoms with Crippen LogP contribution in [0.25, 0.3) is 16.7 Å². The molecular weight excluding hydrogens is 371 g/mol. The summed E-state index contributed by atoms with van der Waals surface area (Å²) in [5, 5.41) is 2.95. The number of nitrogens with zero attached hydrogens (tertiary/aromatic N) is 2. The number of imidazole rings is 1. The minimum absolute atomic E-state index is 0. The van der Waals surface area contributed by atoms with Crippen LogP contribution in [0.3, 0.4) is 0 Å². The highest BCUT2D eigenvalue weighted by Gasteiger charge is 2.36. The van der Waals surface area contributed by atoms with Crippen molar-refractivity contribution in [1.29, 1.82) is 0 Å². The number of amides is 1. The molecule has 138 valence electrons. The quantitative estimate of drug-likeness (QED) is 0.704. The van der Waals surface area contributed by atoms with Gasteiger partial charge in [0.15, 0.2) is 0 Å². The molecule has 0 bridgehead atoms. The topological polar surface area (TPSA) is 72.9 Å². The van der Waals surface area contributed by atoms with Crippen LogP contribution < -0.4 is 11.1 Å². The van der Waals surface area contributed by atoms with Gasteiger partial charge < -0.3 is 11.1 Å². The fourth-order valence-electron chi connectivity index (χ4n) is 3.36. The highest BCUT2D eigenvalue weighted by Crippen LogP contribution is 2.28. The third-order valence-corrected chi connectivity index (χ3v) is 4.80. The molecule has 1 amide bonds. The Balaban J connectivity index is 0.00000121. The Kier molecular flexibility index (Phi) is 6.29. The van der Waals surface area contributed by atoms with Crippen LogP contribution in [0.5, 0.6) is 0 Å². The molecule has 1 fully saturated rings. The molecule has 0 atom stereocenters. The number of hydrogen-bond donors (Lipinski definition) is 2. The number of benzene rings is 2. The average molecular weight is 393 g/mol. The molecule has 3 aromatic rings. The molecule has 3 N–H and O–H groups in total. The van der Waals surface area contributed by atoms with E-state index in [0.717, 1.165) is 48.1 Å². The van der Waals surface area contributed by atoms with Gasteiger partial charge in [0.2, 0.25) is 5.91 Å². The monoisotopic (exact) mass is 392 g/mol. The summed E-state index contributed by atoms with van der Waals surface area (Å²) in [6.45, 7) is 0. The third kappa shape index (κ3) is 3.70. The van der Waals surface area contributed by atoms with E-state index in [9.17, 15) is 4.79 Å². The van der Waals surface area contributed by atoms with E-state index in [0.29, 0.717) is 0 Å². The number of carbonyl (C=O) groups is 1. The lowest BCUT2D eigenvalue weighted by Gasteiger charge is -2.22. The van der Waals surface area contributed by atoms with Gasteiger partial charge in [0, 0.05) is 11.4 Å². The molecular formula is C19H22Cl2N4O. The highest BCUT2D eigenvalue weighted by molar-refractivity contribution is 5.98. The Labute approximate surface area is 164 Å². The fraction of sp³-hybridized carbons (Fsp3) is 0.263. The van der Waals surface area contributed by atoms with E-state index in [4.69, 9.17) is 5.73 Å².